The minimum absolute atomic E-state index is 1.04. The molecule has 0 radical (unpaired) electrons. The van der Waals surface area contributed by atoms with Gasteiger partial charge < -0.3 is 4.98 Å². The molecule has 1 nitrogen and oxygen atoms in total. The third kappa shape index (κ3) is 1.37. The Labute approximate surface area is 103 Å². The van der Waals surface area contributed by atoms with E-state index in [2.05, 4.69) is 64.2 Å². The summed E-state index contributed by atoms with van der Waals surface area (Å²) in [6, 6.07) is 12.9. The second-order valence-electron chi connectivity index (χ2n) is 4.02. The van der Waals surface area contributed by atoms with Gasteiger partial charge in [-0.1, -0.05) is 47.1 Å². The van der Waals surface area contributed by atoms with E-state index in [4.69, 9.17) is 0 Å². The van der Waals surface area contributed by atoms with Crippen LogP contribution in [0.3, 0.4) is 0 Å². The van der Waals surface area contributed by atoms with Crippen molar-refractivity contribution < 1.29 is 0 Å². The predicted octanol–water partition coefficient (Wildman–Crippen LogP) is 4.65. The molecular weight excluding hydrogens is 262 g/mol. The second kappa shape index (κ2) is 3.63. The second-order valence-corrected chi connectivity index (χ2v) is 4.87. The Kier molecular flexibility index (Phi) is 2.25. The normalized spacial score (nSPS) is 11.4. The number of halogens is 1. The van der Waals surface area contributed by atoms with Crippen molar-refractivity contribution in [3.8, 4) is 0 Å². The summed E-state index contributed by atoms with van der Waals surface area (Å²) >= 11 is 3.64. The number of benzene rings is 2. The Balaban J connectivity index is 2.52. The predicted molar refractivity (Wildman–Crippen MR) is 72.9 cm³/mol. The van der Waals surface area contributed by atoms with E-state index < -0.39 is 0 Å². The summed E-state index contributed by atoms with van der Waals surface area (Å²) in [4.78, 5) is 3.50. The average molecular weight is 274 g/mol. The Morgan fingerprint density at radius 3 is 2.75 bits per heavy atom. The number of hydrogen-bond acceptors (Lipinski definition) is 0. The number of rotatable bonds is 1. The molecule has 0 spiro atoms. The Hall–Kier alpha value is -1.28. The van der Waals surface area contributed by atoms with Crippen LogP contribution in [-0.2, 0) is 6.42 Å². The van der Waals surface area contributed by atoms with E-state index in [1.807, 2.05) is 0 Å². The molecular formula is C14H12BrN. The highest BCUT2D eigenvalue weighted by Crippen LogP contribution is 2.32. The SMILES string of the molecule is CCc1cc2c(Br)cc3ccccc3c2[nH]1. The van der Waals surface area contributed by atoms with Gasteiger partial charge in [0.2, 0.25) is 0 Å². The van der Waals surface area contributed by atoms with Gasteiger partial charge in [0.15, 0.2) is 0 Å². The Bertz CT molecular complexity index is 667. The smallest absolute Gasteiger partial charge is 0.0547 e. The average Bonchev–Trinajstić information content (AvgIpc) is 2.74. The first-order valence-corrected chi connectivity index (χ1v) is 6.27. The lowest BCUT2D eigenvalue weighted by molar-refractivity contribution is 1.08. The highest BCUT2D eigenvalue weighted by molar-refractivity contribution is 9.10. The summed E-state index contributed by atoms with van der Waals surface area (Å²) in [6.45, 7) is 2.17. The van der Waals surface area contributed by atoms with E-state index in [-0.39, 0.29) is 0 Å². The van der Waals surface area contributed by atoms with Crippen molar-refractivity contribution in [2.45, 2.75) is 13.3 Å². The fourth-order valence-electron chi connectivity index (χ4n) is 2.17. The van der Waals surface area contributed by atoms with Crippen LogP contribution < -0.4 is 0 Å². The highest BCUT2D eigenvalue weighted by atomic mass is 79.9. The first-order chi connectivity index (χ1) is 7.79. The first-order valence-electron chi connectivity index (χ1n) is 5.48. The quantitative estimate of drug-likeness (QED) is 0.665. The van der Waals surface area contributed by atoms with Crippen molar-refractivity contribution in [2.75, 3.05) is 0 Å². The van der Waals surface area contributed by atoms with Crippen LogP contribution in [0.2, 0.25) is 0 Å². The number of aryl methyl sites for hydroxylation is 1. The van der Waals surface area contributed by atoms with Crippen molar-refractivity contribution in [1.82, 2.24) is 4.98 Å². The largest absolute Gasteiger partial charge is 0.358 e. The van der Waals surface area contributed by atoms with Crippen LogP contribution in [0.1, 0.15) is 12.6 Å². The standard InChI is InChI=1S/C14H12BrN/c1-2-10-8-12-13(15)7-9-5-3-4-6-11(9)14(12)16-10/h3-8,16H,2H2,1H3. The molecule has 3 aromatic rings. The molecule has 0 atom stereocenters. The fraction of sp³-hybridized carbons (Fsp3) is 0.143. The third-order valence-corrected chi connectivity index (χ3v) is 3.68. The van der Waals surface area contributed by atoms with E-state index in [0.29, 0.717) is 0 Å². The molecule has 0 bridgehead atoms. The molecule has 1 N–H and O–H groups in total. The van der Waals surface area contributed by atoms with Gasteiger partial charge in [-0.05, 0) is 23.9 Å². The summed E-state index contributed by atoms with van der Waals surface area (Å²) in [6.07, 6.45) is 1.04. The van der Waals surface area contributed by atoms with Gasteiger partial charge in [-0.25, -0.2) is 0 Å². The van der Waals surface area contributed by atoms with Crippen LogP contribution in [0.4, 0.5) is 0 Å². The van der Waals surface area contributed by atoms with Gasteiger partial charge in [0.1, 0.15) is 0 Å². The molecule has 1 heterocycles. The maximum absolute atomic E-state index is 3.64. The molecule has 0 fully saturated rings. The van der Waals surface area contributed by atoms with Crippen LogP contribution in [0.5, 0.6) is 0 Å². The highest BCUT2D eigenvalue weighted by Gasteiger charge is 2.07. The molecule has 0 aliphatic rings. The minimum Gasteiger partial charge on any atom is -0.358 e. The molecule has 0 aliphatic carbocycles. The fourth-order valence-corrected chi connectivity index (χ4v) is 2.73. The summed E-state index contributed by atoms with van der Waals surface area (Å²) in [7, 11) is 0. The molecule has 3 rings (SSSR count). The molecule has 16 heavy (non-hydrogen) atoms. The molecule has 2 heteroatoms. The molecule has 0 saturated heterocycles. The van der Waals surface area contributed by atoms with Crippen LogP contribution in [0.15, 0.2) is 40.9 Å². The molecule has 0 aliphatic heterocycles. The van der Waals surface area contributed by atoms with Gasteiger partial charge in [-0.2, -0.15) is 0 Å². The zero-order valence-electron chi connectivity index (χ0n) is 9.05. The van der Waals surface area contributed by atoms with Crippen molar-refractivity contribution in [2.24, 2.45) is 0 Å². The maximum atomic E-state index is 3.64. The topological polar surface area (TPSA) is 15.8 Å². The van der Waals surface area contributed by atoms with E-state index in [1.165, 1.54) is 27.4 Å². The summed E-state index contributed by atoms with van der Waals surface area (Å²) in [5, 5.41) is 3.84. The molecule has 80 valence electrons. The lowest BCUT2D eigenvalue weighted by atomic mass is 10.1. The number of nitrogens with one attached hydrogen (secondary N) is 1. The minimum atomic E-state index is 1.04. The van der Waals surface area contributed by atoms with E-state index >= 15 is 0 Å². The van der Waals surface area contributed by atoms with Crippen molar-refractivity contribution in [1.29, 1.82) is 0 Å². The van der Waals surface area contributed by atoms with Gasteiger partial charge in [0, 0.05) is 20.9 Å². The Morgan fingerprint density at radius 2 is 1.94 bits per heavy atom. The first kappa shape index (κ1) is 9.91. The molecule has 0 amide bonds. The molecule has 0 saturated carbocycles. The number of fused-ring (bicyclic) bond motifs is 3. The van der Waals surface area contributed by atoms with Gasteiger partial charge in [-0.3, -0.25) is 0 Å². The summed E-state index contributed by atoms with van der Waals surface area (Å²) < 4.78 is 1.16. The molecule has 1 aromatic heterocycles. The van der Waals surface area contributed by atoms with Crippen LogP contribution in [0, 0.1) is 0 Å². The monoisotopic (exact) mass is 273 g/mol. The molecule has 0 unspecified atom stereocenters. The lowest BCUT2D eigenvalue weighted by Crippen LogP contribution is -1.78. The van der Waals surface area contributed by atoms with E-state index in [9.17, 15) is 0 Å². The van der Waals surface area contributed by atoms with E-state index in [0.717, 1.165) is 10.9 Å². The number of hydrogen-bond donors (Lipinski definition) is 1. The third-order valence-electron chi connectivity index (χ3n) is 3.02. The van der Waals surface area contributed by atoms with Crippen molar-refractivity contribution in [3.05, 3.63) is 46.6 Å². The van der Waals surface area contributed by atoms with Gasteiger partial charge in [0.25, 0.3) is 0 Å². The summed E-state index contributed by atoms with van der Waals surface area (Å²) in [5.74, 6) is 0. The Morgan fingerprint density at radius 1 is 1.12 bits per heavy atom. The van der Waals surface area contributed by atoms with Crippen LogP contribution >= 0.6 is 15.9 Å². The summed E-state index contributed by atoms with van der Waals surface area (Å²) in [5.41, 5.74) is 2.52. The number of aromatic amines is 1. The van der Waals surface area contributed by atoms with Crippen LogP contribution in [0.25, 0.3) is 21.7 Å². The van der Waals surface area contributed by atoms with Gasteiger partial charge >= 0.3 is 0 Å². The number of aromatic nitrogens is 1. The van der Waals surface area contributed by atoms with Gasteiger partial charge in [-0.15, -0.1) is 0 Å². The number of H-pyrrole nitrogens is 1. The zero-order valence-corrected chi connectivity index (χ0v) is 10.6. The van der Waals surface area contributed by atoms with Crippen molar-refractivity contribution >= 4 is 37.6 Å². The van der Waals surface area contributed by atoms with Gasteiger partial charge in [0.05, 0.1) is 5.52 Å². The van der Waals surface area contributed by atoms with Crippen LogP contribution in [-0.4, -0.2) is 4.98 Å². The van der Waals surface area contributed by atoms with Crippen molar-refractivity contribution in [3.63, 3.8) is 0 Å². The maximum Gasteiger partial charge on any atom is 0.0547 e. The molecule has 2 aromatic carbocycles. The van der Waals surface area contributed by atoms with E-state index in [1.54, 1.807) is 0 Å². The zero-order chi connectivity index (χ0) is 11.1. The lowest BCUT2D eigenvalue weighted by Gasteiger charge is -2.01.